The fourth-order valence-corrected chi connectivity index (χ4v) is 0. The van der Waals surface area contributed by atoms with Gasteiger partial charge in [0.15, 0.2) is 0 Å². The summed E-state index contributed by atoms with van der Waals surface area (Å²) in [5.74, 6) is -0.245. The Morgan fingerprint density at radius 3 is 1.45 bits per heavy atom. The van der Waals surface area contributed by atoms with Crippen molar-refractivity contribution in [3.63, 3.8) is 0 Å². The van der Waals surface area contributed by atoms with E-state index >= 15 is 0 Å². The minimum absolute atomic E-state index is 0.245. The first-order valence-corrected chi connectivity index (χ1v) is 4.45. The van der Waals surface area contributed by atoms with Crippen LogP contribution in [0.15, 0.2) is 0 Å². The van der Waals surface area contributed by atoms with Crippen LogP contribution in [0, 0.1) is 0 Å². The molecule has 0 rings (SSSR count). The molecule has 0 aromatic heterocycles. The highest BCUT2D eigenvalue weighted by Gasteiger charge is 1.90. The van der Waals surface area contributed by atoms with E-state index in [1.807, 2.05) is 0 Å². The molecule has 0 aromatic carbocycles. The average Bonchev–Trinajstić information content (AvgIpc) is 1.88. The van der Waals surface area contributed by atoms with E-state index in [4.69, 9.17) is 0 Å². The van der Waals surface area contributed by atoms with Gasteiger partial charge in [0.25, 0.3) is 10.1 Å². The summed E-state index contributed by atoms with van der Waals surface area (Å²) in [5, 5.41) is 0. The molecule has 0 aliphatic carbocycles. The summed E-state index contributed by atoms with van der Waals surface area (Å²) in [7, 11) is -0.692. The molecule has 0 heterocycles. The molecular weight excluding hydrogens is 172 g/mol. The van der Waals surface area contributed by atoms with Crippen molar-refractivity contribution in [2.75, 3.05) is 20.5 Å². The van der Waals surface area contributed by atoms with Crippen LogP contribution in [0.3, 0.4) is 0 Å². The van der Waals surface area contributed by atoms with Crippen LogP contribution < -0.4 is 0 Å². The first-order chi connectivity index (χ1) is 4.83. The number of methoxy groups -OCH3 is 1. The predicted octanol–water partition coefficient (Wildman–Crippen LogP) is -0.228. The van der Waals surface area contributed by atoms with Crippen LogP contribution in [0.4, 0.5) is 0 Å². The summed E-state index contributed by atoms with van der Waals surface area (Å²) >= 11 is 0. The standard InChI is InChI=1S/C3H6O2.C2H6O3S/c1-3(4)5-2;1-5-6(2,3)4/h1-2H3;1-2H3. The zero-order valence-electron chi connectivity index (χ0n) is 6.95. The minimum atomic E-state index is -3.16. The Labute approximate surface area is 66.4 Å². The van der Waals surface area contributed by atoms with E-state index < -0.39 is 10.1 Å². The summed E-state index contributed by atoms with van der Waals surface area (Å²) in [6.07, 6.45) is 0.993. The van der Waals surface area contributed by atoms with Gasteiger partial charge in [0.2, 0.25) is 0 Å². The SMILES string of the molecule is COC(C)=O.COS(C)(=O)=O. The van der Waals surface area contributed by atoms with E-state index in [0.717, 1.165) is 13.4 Å². The lowest BCUT2D eigenvalue weighted by atomic mass is 10.8. The van der Waals surface area contributed by atoms with Gasteiger partial charge < -0.3 is 4.74 Å². The second-order valence-corrected chi connectivity index (χ2v) is 3.31. The highest BCUT2D eigenvalue weighted by atomic mass is 32.2. The second-order valence-electron chi connectivity index (χ2n) is 1.57. The van der Waals surface area contributed by atoms with E-state index in [9.17, 15) is 13.2 Å². The van der Waals surface area contributed by atoms with Crippen molar-refractivity contribution in [2.24, 2.45) is 0 Å². The normalized spacial score (nSPS) is 9.45. The van der Waals surface area contributed by atoms with Crippen molar-refractivity contribution in [1.82, 2.24) is 0 Å². The molecule has 0 unspecified atom stereocenters. The van der Waals surface area contributed by atoms with E-state index in [1.165, 1.54) is 14.0 Å². The Bertz CT molecular complexity index is 193. The molecule has 0 aromatic rings. The molecule has 0 saturated heterocycles. The number of hydrogen-bond acceptors (Lipinski definition) is 5. The quantitative estimate of drug-likeness (QED) is 0.416. The van der Waals surface area contributed by atoms with Gasteiger partial charge in [-0.05, 0) is 0 Å². The fourth-order valence-electron chi connectivity index (χ4n) is 0. The molecule has 6 heteroatoms. The monoisotopic (exact) mass is 184 g/mol. The molecule has 5 nitrogen and oxygen atoms in total. The summed E-state index contributed by atoms with van der Waals surface area (Å²) < 4.78 is 27.6. The lowest BCUT2D eigenvalue weighted by Crippen LogP contribution is -1.95. The Balaban J connectivity index is 0. The third-order valence-electron chi connectivity index (χ3n) is 0.590. The molecule has 68 valence electrons. The number of rotatable bonds is 1. The number of esters is 1. The van der Waals surface area contributed by atoms with E-state index in [1.54, 1.807) is 0 Å². The van der Waals surface area contributed by atoms with Gasteiger partial charge in [0.1, 0.15) is 0 Å². The molecule has 0 radical (unpaired) electrons. The smallest absolute Gasteiger partial charge is 0.302 e. The van der Waals surface area contributed by atoms with Crippen LogP contribution in [0.1, 0.15) is 6.92 Å². The van der Waals surface area contributed by atoms with Gasteiger partial charge in [0, 0.05) is 6.92 Å². The van der Waals surface area contributed by atoms with Crippen molar-refractivity contribution in [3.8, 4) is 0 Å². The maximum atomic E-state index is 9.78. The number of hydrogen-bond donors (Lipinski definition) is 0. The first-order valence-electron chi connectivity index (χ1n) is 2.63. The van der Waals surface area contributed by atoms with Crippen LogP contribution in [-0.2, 0) is 23.8 Å². The lowest BCUT2D eigenvalue weighted by Gasteiger charge is -1.84. The number of carbonyl (C=O) groups excluding carboxylic acids is 1. The van der Waals surface area contributed by atoms with Crippen LogP contribution >= 0.6 is 0 Å². The molecule has 0 fully saturated rings. The molecule has 0 aliphatic heterocycles. The van der Waals surface area contributed by atoms with Crippen LogP contribution in [0.5, 0.6) is 0 Å². The molecule has 0 bridgehead atoms. The van der Waals surface area contributed by atoms with Crippen molar-refractivity contribution in [3.05, 3.63) is 0 Å². The maximum absolute atomic E-state index is 9.78. The largest absolute Gasteiger partial charge is 0.469 e. The zero-order valence-corrected chi connectivity index (χ0v) is 7.77. The Hall–Kier alpha value is -0.620. The van der Waals surface area contributed by atoms with Gasteiger partial charge in [-0.3, -0.25) is 8.98 Å². The Morgan fingerprint density at radius 1 is 1.27 bits per heavy atom. The molecule has 11 heavy (non-hydrogen) atoms. The molecule has 0 aliphatic rings. The lowest BCUT2D eigenvalue weighted by molar-refractivity contribution is -0.137. The third kappa shape index (κ3) is 26.6. The summed E-state index contributed by atoms with van der Waals surface area (Å²) in [6.45, 7) is 1.36. The topological polar surface area (TPSA) is 69.7 Å². The Kier molecular flexibility index (Phi) is 7.23. The minimum Gasteiger partial charge on any atom is -0.469 e. The maximum Gasteiger partial charge on any atom is 0.302 e. The molecule has 0 atom stereocenters. The summed E-state index contributed by atoms with van der Waals surface area (Å²) in [6, 6.07) is 0. The molecule has 0 saturated carbocycles. The molecular formula is C5H12O5S. The van der Waals surface area contributed by atoms with E-state index in [-0.39, 0.29) is 5.97 Å². The molecule has 0 spiro atoms. The van der Waals surface area contributed by atoms with Gasteiger partial charge in [0.05, 0.1) is 20.5 Å². The summed E-state index contributed by atoms with van der Waals surface area (Å²) in [4.78, 5) is 9.59. The van der Waals surface area contributed by atoms with E-state index in [2.05, 4.69) is 8.92 Å². The fraction of sp³-hybridized carbons (Fsp3) is 0.800. The van der Waals surface area contributed by atoms with Crippen molar-refractivity contribution in [2.45, 2.75) is 6.92 Å². The highest BCUT2D eigenvalue weighted by Crippen LogP contribution is 1.75. The van der Waals surface area contributed by atoms with Crippen molar-refractivity contribution in [1.29, 1.82) is 0 Å². The predicted molar refractivity (Wildman–Crippen MR) is 39.5 cm³/mol. The average molecular weight is 184 g/mol. The second kappa shape index (κ2) is 6.11. The van der Waals surface area contributed by atoms with E-state index in [0.29, 0.717) is 0 Å². The summed E-state index contributed by atoms with van der Waals surface area (Å²) in [5.41, 5.74) is 0. The number of ether oxygens (including phenoxy) is 1. The highest BCUT2D eigenvalue weighted by molar-refractivity contribution is 7.85. The van der Waals surface area contributed by atoms with Crippen LogP contribution in [0.25, 0.3) is 0 Å². The zero-order chi connectivity index (χ0) is 9.49. The van der Waals surface area contributed by atoms with Gasteiger partial charge in [-0.25, -0.2) is 0 Å². The third-order valence-corrected chi connectivity index (χ3v) is 1.20. The molecule has 0 N–H and O–H groups in total. The van der Waals surface area contributed by atoms with Gasteiger partial charge in [-0.1, -0.05) is 0 Å². The van der Waals surface area contributed by atoms with Gasteiger partial charge >= 0.3 is 5.97 Å². The van der Waals surface area contributed by atoms with Gasteiger partial charge in [-0.2, -0.15) is 8.42 Å². The first kappa shape index (κ1) is 13.0. The van der Waals surface area contributed by atoms with Crippen LogP contribution in [-0.4, -0.2) is 34.9 Å². The van der Waals surface area contributed by atoms with Crippen molar-refractivity contribution < 1.29 is 22.1 Å². The number of carbonyl (C=O) groups is 1. The van der Waals surface area contributed by atoms with Crippen LogP contribution in [0.2, 0.25) is 0 Å². The Morgan fingerprint density at radius 2 is 1.45 bits per heavy atom. The van der Waals surface area contributed by atoms with Gasteiger partial charge in [-0.15, -0.1) is 0 Å². The van der Waals surface area contributed by atoms with Crippen molar-refractivity contribution >= 4 is 16.1 Å². The molecule has 0 amide bonds.